The molecule has 3 aliphatic rings. The molecule has 3 aliphatic heterocycles. The van der Waals surface area contributed by atoms with Gasteiger partial charge in [0.05, 0.1) is 24.9 Å². The van der Waals surface area contributed by atoms with Crippen LogP contribution >= 0.6 is 0 Å². The van der Waals surface area contributed by atoms with Crippen molar-refractivity contribution in [1.29, 1.82) is 0 Å². The van der Waals surface area contributed by atoms with Gasteiger partial charge in [-0.2, -0.15) is 0 Å². The van der Waals surface area contributed by atoms with Crippen LogP contribution in [0.3, 0.4) is 0 Å². The maximum atomic E-state index is 13.8. The van der Waals surface area contributed by atoms with E-state index in [9.17, 15) is 66.1 Å². The largest absolute Gasteiger partial charge is 0.508 e. The van der Waals surface area contributed by atoms with Crippen LogP contribution in [0.25, 0.3) is 0 Å². The fraction of sp³-hybridized carbons (Fsp3) is 0.594. The Hall–Kier alpha value is -3.21. The third-order valence-corrected chi connectivity index (χ3v) is 9.09. The molecule has 0 aromatic heterocycles. The van der Waals surface area contributed by atoms with Crippen molar-refractivity contribution in [2.24, 2.45) is 0 Å². The molecule has 18 nitrogen and oxygen atoms in total. The minimum absolute atomic E-state index is 0.00978. The molecule has 14 atom stereocenters. The van der Waals surface area contributed by atoms with E-state index in [0.717, 1.165) is 6.07 Å². The number of aliphatic hydroxyl groups excluding tert-OH is 9. The normalized spacial score (nSPS) is 37.7. The molecule has 0 aliphatic carbocycles. The van der Waals surface area contributed by atoms with Crippen molar-refractivity contribution < 1.29 is 89.8 Å². The van der Waals surface area contributed by atoms with Gasteiger partial charge in [0.25, 0.3) is 0 Å². The van der Waals surface area contributed by atoms with E-state index in [1.807, 2.05) is 0 Å². The number of aryl methyl sites for hydroxylation is 1. The molecular weight excluding hydrogens is 672 g/mol. The number of aromatic hydroxyl groups is 3. The quantitative estimate of drug-likeness (QED) is 0.108. The average Bonchev–Trinajstić information content (AvgIpc) is 3.08. The van der Waals surface area contributed by atoms with Crippen molar-refractivity contribution in [2.75, 3.05) is 13.2 Å². The molecule has 3 saturated heterocycles. The monoisotopic (exact) mass is 714 g/mol. The van der Waals surface area contributed by atoms with Crippen molar-refractivity contribution in [3.05, 3.63) is 47.0 Å². The molecule has 0 spiro atoms. The third-order valence-electron chi connectivity index (χ3n) is 9.09. The van der Waals surface area contributed by atoms with Gasteiger partial charge >= 0.3 is 0 Å². The Balaban J connectivity index is 1.52. The van der Waals surface area contributed by atoms with Crippen molar-refractivity contribution in [3.63, 3.8) is 0 Å². The van der Waals surface area contributed by atoms with E-state index in [4.69, 9.17) is 23.7 Å². The van der Waals surface area contributed by atoms with E-state index >= 15 is 0 Å². The molecule has 0 radical (unpaired) electrons. The molecule has 18 heteroatoms. The molecule has 14 unspecified atom stereocenters. The second-order valence-corrected chi connectivity index (χ2v) is 12.5. The van der Waals surface area contributed by atoms with Gasteiger partial charge in [-0.1, -0.05) is 12.1 Å². The summed E-state index contributed by atoms with van der Waals surface area (Å²) >= 11 is 0. The molecular formula is C32H42O18. The number of phenolic OH excluding ortho intramolecular Hbond substituents is 3. The van der Waals surface area contributed by atoms with Gasteiger partial charge in [0, 0.05) is 12.5 Å². The topological polar surface area (TPSA) is 306 Å². The second kappa shape index (κ2) is 15.6. The number of Topliss-reactive ketones (excluding diaryl/α,β-unsaturated/α-hetero) is 1. The first-order valence-electron chi connectivity index (χ1n) is 15.8. The molecule has 5 rings (SSSR count). The van der Waals surface area contributed by atoms with Gasteiger partial charge in [-0.3, -0.25) is 4.79 Å². The Morgan fingerprint density at radius 1 is 0.820 bits per heavy atom. The lowest BCUT2D eigenvalue weighted by atomic mass is 9.90. The highest BCUT2D eigenvalue weighted by Gasteiger charge is 2.51. The fourth-order valence-electron chi connectivity index (χ4n) is 6.10. The van der Waals surface area contributed by atoms with Crippen LogP contribution in [0, 0.1) is 0 Å². The predicted octanol–water partition coefficient (Wildman–Crippen LogP) is -3.20. The molecule has 0 bridgehead atoms. The lowest BCUT2D eigenvalue weighted by Crippen LogP contribution is -2.64. The summed E-state index contributed by atoms with van der Waals surface area (Å²) in [5.74, 6) is -3.07. The zero-order valence-electron chi connectivity index (χ0n) is 26.6. The summed E-state index contributed by atoms with van der Waals surface area (Å²) in [6, 6.07) is 6.80. The van der Waals surface area contributed by atoms with E-state index in [0.29, 0.717) is 5.56 Å². The van der Waals surface area contributed by atoms with Crippen LogP contribution in [0.1, 0.15) is 40.9 Å². The van der Waals surface area contributed by atoms with Crippen molar-refractivity contribution >= 4 is 5.78 Å². The minimum atomic E-state index is -1.93. The summed E-state index contributed by atoms with van der Waals surface area (Å²) < 4.78 is 28.1. The Bertz CT molecular complexity index is 1470. The lowest BCUT2D eigenvalue weighted by molar-refractivity contribution is -0.355. The van der Waals surface area contributed by atoms with Crippen molar-refractivity contribution in [2.45, 2.75) is 106 Å². The second-order valence-electron chi connectivity index (χ2n) is 12.5. The number of ether oxygens (including phenoxy) is 5. The van der Waals surface area contributed by atoms with Gasteiger partial charge in [0.2, 0.25) is 6.29 Å². The van der Waals surface area contributed by atoms with Crippen LogP contribution in [0.4, 0.5) is 0 Å². The van der Waals surface area contributed by atoms with E-state index < -0.39 is 133 Å². The third kappa shape index (κ3) is 7.53. The molecule has 3 fully saturated rings. The highest BCUT2D eigenvalue weighted by Crippen LogP contribution is 2.46. The number of phenols is 3. The molecule has 3 heterocycles. The molecule has 0 amide bonds. The maximum absolute atomic E-state index is 13.8. The summed E-state index contributed by atoms with van der Waals surface area (Å²) in [6.45, 7) is 0.0524. The number of hydrogen-bond acceptors (Lipinski definition) is 18. The minimum Gasteiger partial charge on any atom is -0.508 e. The summed E-state index contributed by atoms with van der Waals surface area (Å²) in [6.07, 6.45) is -23.9. The average molecular weight is 715 g/mol. The van der Waals surface area contributed by atoms with Crippen LogP contribution < -0.4 is 4.74 Å². The van der Waals surface area contributed by atoms with E-state index in [1.54, 1.807) is 12.1 Å². The molecule has 2 aromatic rings. The van der Waals surface area contributed by atoms with E-state index in [-0.39, 0.29) is 18.6 Å². The Kier molecular flexibility index (Phi) is 11.8. The Morgan fingerprint density at radius 3 is 2.16 bits per heavy atom. The Morgan fingerprint density at radius 2 is 1.50 bits per heavy atom. The molecule has 50 heavy (non-hydrogen) atoms. The smallest absolute Gasteiger partial charge is 0.229 e. The van der Waals surface area contributed by atoms with Gasteiger partial charge in [-0.05, 0) is 31.0 Å². The van der Waals surface area contributed by atoms with Crippen LogP contribution in [-0.4, -0.2) is 160 Å². The molecule has 0 saturated carbocycles. The predicted molar refractivity (Wildman–Crippen MR) is 163 cm³/mol. The number of aliphatic hydroxyl groups is 9. The lowest BCUT2D eigenvalue weighted by Gasteiger charge is -2.45. The van der Waals surface area contributed by atoms with Gasteiger partial charge in [0.15, 0.2) is 18.2 Å². The number of ketones is 1. The van der Waals surface area contributed by atoms with E-state index in [2.05, 4.69) is 0 Å². The molecule has 278 valence electrons. The molecule has 2 aromatic carbocycles. The summed E-state index contributed by atoms with van der Waals surface area (Å²) in [5, 5.41) is 125. The van der Waals surface area contributed by atoms with Crippen molar-refractivity contribution in [1.82, 2.24) is 0 Å². The number of hydrogen-bond donors (Lipinski definition) is 12. The number of rotatable bonds is 10. The first kappa shape index (κ1) is 38.0. The SMILES string of the molecule is CC1OC(Oc2cc(O)c(C3OCC(O)C(O)C3O)c(O)c2C(=O)CCc2ccc(O)cc2)C(OC2OC(CO)C(O)C(O)C2O)C(O)C1O. The Labute approximate surface area is 284 Å². The fourth-order valence-corrected chi connectivity index (χ4v) is 6.10. The van der Waals surface area contributed by atoms with Crippen molar-refractivity contribution in [3.8, 4) is 23.0 Å². The molecule has 12 N–H and O–H groups in total. The summed E-state index contributed by atoms with van der Waals surface area (Å²) in [7, 11) is 0. The highest BCUT2D eigenvalue weighted by molar-refractivity contribution is 6.02. The van der Waals surface area contributed by atoms with Crippen LogP contribution in [0.2, 0.25) is 0 Å². The zero-order chi connectivity index (χ0) is 36.6. The van der Waals surface area contributed by atoms with Crippen LogP contribution in [0.5, 0.6) is 23.0 Å². The standard InChI is InChI=1S/C32H42O18/c1-11-21(38)26(43)30(50-31-28(45)25(42)23(40)18(9-33)49-31)32(47-11)48-17-8-15(36)20(29-27(44)22(39)16(37)10-46-29)24(41)19(17)14(35)7-4-12-2-5-13(34)6-3-12/h2-3,5-6,8,11,16,18,21-23,25-34,36-45H,4,7,9-10H2,1H3. The summed E-state index contributed by atoms with van der Waals surface area (Å²) in [4.78, 5) is 13.8. The first-order chi connectivity index (χ1) is 23.6. The van der Waals surface area contributed by atoms with Crippen LogP contribution in [-0.2, 0) is 25.4 Å². The summed E-state index contributed by atoms with van der Waals surface area (Å²) in [5.41, 5.74) is -0.475. The number of carbonyl (C=O) groups excluding carboxylic acids is 1. The number of benzene rings is 2. The van der Waals surface area contributed by atoms with Gasteiger partial charge < -0.3 is 85.0 Å². The zero-order valence-corrected chi connectivity index (χ0v) is 26.6. The first-order valence-corrected chi connectivity index (χ1v) is 15.8. The van der Waals surface area contributed by atoms with E-state index in [1.165, 1.54) is 19.1 Å². The van der Waals surface area contributed by atoms with Gasteiger partial charge in [0.1, 0.15) is 89.6 Å². The van der Waals surface area contributed by atoms with Crippen LogP contribution in [0.15, 0.2) is 30.3 Å². The highest BCUT2D eigenvalue weighted by atomic mass is 16.8. The number of carbonyl (C=O) groups is 1. The van der Waals surface area contributed by atoms with Gasteiger partial charge in [-0.15, -0.1) is 0 Å². The van der Waals surface area contributed by atoms with Gasteiger partial charge in [-0.25, -0.2) is 0 Å². The maximum Gasteiger partial charge on any atom is 0.229 e.